The number of thiophene rings is 1. The van der Waals surface area contributed by atoms with Gasteiger partial charge in [0.25, 0.3) is 15.2 Å². The first-order chi connectivity index (χ1) is 11.9. The summed E-state index contributed by atoms with van der Waals surface area (Å²) in [5.74, 6) is 0.0270. The molecule has 0 radical (unpaired) electrons. The maximum atomic E-state index is 12.4. The molecule has 3 rings (SSSR count). The summed E-state index contributed by atoms with van der Waals surface area (Å²) in [6, 6.07) is 8.66. The van der Waals surface area contributed by atoms with Crippen molar-refractivity contribution in [3.63, 3.8) is 0 Å². The maximum absolute atomic E-state index is 12.4. The molecular weight excluding hydrogens is 378 g/mol. The Hall–Kier alpha value is -1.68. The molecule has 0 spiro atoms. The lowest BCUT2D eigenvalue weighted by Gasteiger charge is -2.22. The molecule has 2 unspecified atom stereocenters. The zero-order chi connectivity index (χ0) is 18.0. The first-order valence-electron chi connectivity index (χ1n) is 7.73. The van der Waals surface area contributed by atoms with E-state index in [0.29, 0.717) is 17.4 Å². The van der Waals surface area contributed by atoms with Gasteiger partial charge in [-0.25, -0.2) is 8.42 Å². The third-order valence-electron chi connectivity index (χ3n) is 3.98. The van der Waals surface area contributed by atoms with Gasteiger partial charge in [-0.3, -0.25) is 4.72 Å². The summed E-state index contributed by atoms with van der Waals surface area (Å²) in [6.07, 6.45) is -0.141. The number of ether oxygens (including phenoxy) is 1. The summed E-state index contributed by atoms with van der Waals surface area (Å²) in [5, 5.41) is 8.27. The van der Waals surface area contributed by atoms with Crippen molar-refractivity contribution in [3.8, 4) is 0 Å². The van der Waals surface area contributed by atoms with Gasteiger partial charge in [-0.15, -0.1) is 11.3 Å². The number of sulfonamides is 1. The van der Waals surface area contributed by atoms with Crippen LogP contribution in [0.3, 0.4) is 0 Å². The molecule has 2 atom stereocenters. The number of hydrogen-bond acceptors (Lipinski definition) is 6. The minimum absolute atomic E-state index is 0.0270. The van der Waals surface area contributed by atoms with Crippen molar-refractivity contribution in [1.82, 2.24) is 5.32 Å². The molecule has 0 fully saturated rings. The van der Waals surface area contributed by atoms with Crippen LogP contribution in [0.1, 0.15) is 18.4 Å². The highest BCUT2D eigenvalue weighted by Gasteiger charge is 2.28. The van der Waals surface area contributed by atoms with Crippen LogP contribution in [0, 0.1) is 0 Å². The van der Waals surface area contributed by atoms with Crippen molar-refractivity contribution >= 4 is 50.1 Å². The Labute approximate surface area is 156 Å². The highest BCUT2D eigenvalue weighted by molar-refractivity contribution is 7.94. The molecule has 0 saturated carbocycles. The predicted molar refractivity (Wildman–Crippen MR) is 105 cm³/mol. The van der Waals surface area contributed by atoms with E-state index in [1.165, 1.54) is 11.3 Å². The van der Waals surface area contributed by atoms with Crippen LogP contribution in [0.4, 0.5) is 11.4 Å². The van der Waals surface area contributed by atoms with E-state index in [1.54, 1.807) is 23.6 Å². The number of fused-ring (bicyclic) bond motifs is 1. The molecule has 1 aromatic carbocycles. The Morgan fingerprint density at radius 2 is 2.16 bits per heavy atom. The predicted octanol–water partition coefficient (Wildman–Crippen LogP) is 2.97. The van der Waals surface area contributed by atoms with Crippen molar-refractivity contribution < 1.29 is 13.2 Å². The summed E-state index contributed by atoms with van der Waals surface area (Å²) in [7, 11) is -1.72. The van der Waals surface area contributed by atoms with Crippen LogP contribution < -0.4 is 15.4 Å². The zero-order valence-corrected chi connectivity index (χ0v) is 16.2. The number of benzene rings is 1. The van der Waals surface area contributed by atoms with E-state index in [0.717, 1.165) is 11.3 Å². The smallest absolute Gasteiger partial charge is 0.271 e. The van der Waals surface area contributed by atoms with Gasteiger partial charge in [0.05, 0.1) is 0 Å². The topological polar surface area (TPSA) is 79.5 Å². The van der Waals surface area contributed by atoms with E-state index in [-0.39, 0.29) is 16.2 Å². The number of thiocarbonyl (C=S) groups is 1. The van der Waals surface area contributed by atoms with Gasteiger partial charge in [-0.1, -0.05) is 6.07 Å². The van der Waals surface area contributed by atoms with Crippen LogP contribution in [-0.4, -0.2) is 33.3 Å². The van der Waals surface area contributed by atoms with Crippen molar-refractivity contribution in [3.05, 3.63) is 41.3 Å². The second-order valence-corrected chi connectivity index (χ2v) is 8.97. The second-order valence-electron chi connectivity index (χ2n) is 5.74. The molecule has 2 heterocycles. The summed E-state index contributed by atoms with van der Waals surface area (Å²) in [5.41, 5.74) is 2.29. The lowest BCUT2D eigenvalue weighted by Crippen LogP contribution is -2.28. The molecule has 1 aliphatic heterocycles. The van der Waals surface area contributed by atoms with Crippen molar-refractivity contribution in [2.45, 2.75) is 23.2 Å². The SMILES string of the molecule is CNCC1c2cc(NS(=O)(=O)c3cccs3)ccc2NC(=S)OC1C. The molecule has 25 heavy (non-hydrogen) atoms. The standard InChI is InChI=1S/C16H19N3O3S3/c1-10-13(9-17-2)12-8-11(5-6-14(12)18-16(23)22-10)19-25(20,21)15-4-3-7-24-15/h3-8,10,13,17,19H,9H2,1-2H3,(H,18,23). The molecule has 1 aromatic heterocycles. The lowest BCUT2D eigenvalue weighted by atomic mass is 9.92. The first-order valence-corrected chi connectivity index (χ1v) is 10.5. The van der Waals surface area contributed by atoms with Crippen LogP contribution in [0.5, 0.6) is 0 Å². The Bertz CT molecular complexity index is 866. The van der Waals surface area contributed by atoms with Crippen molar-refractivity contribution in [2.24, 2.45) is 0 Å². The van der Waals surface area contributed by atoms with Gasteiger partial charge in [0.15, 0.2) is 0 Å². The summed E-state index contributed by atoms with van der Waals surface area (Å²) < 4.78 is 33.5. The van der Waals surface area contributed by atoms with Crippen LogP contribution in [-0.2, 0) is 14.8 Å². The molecule has 0 bridgehead atoms. The number of nitrogens with one attached hydrogen (secondary N) is 3. The third kappa shape index (κ3) is 3.95. The van der Waals surface area contributed by atoms with E-state index in [2.05, 4.69) is 15.4 Å². The fourth-order valence-electron chi connectivity index (χ4n) is 2.81. The molecule has 2 aromatic rings. The molecule has 134 valence electrons. The minimum Gasteiger partial charge on any atom is -0.467 e. The van der Waals surface area contributed by atoms with Gasteiger partial charge < -0.3 is 15.4 Å². The molecule has 3 N–H and O–H groups in total. The molecule has 1 aliphatic rings. The highest BCUT2D eigenvalue weighted by atomic mass is 32.2. The minimum atomic E-state index is -3.58. The second kappa shape index (κ2) is 7.28. The number of hydrogen-bond donors (Lipinski definition) is 3. The summed E-state index contributed by atoms with van der Waals surface area (Å²) >= 11 is 6.37. The fourth-order valence-corrected chi connectivity index (χ4v) is 5.11. The van der Waals surface area contributed by atoms with Gasteiger partial charge in [0.1, 0.15) is 10.3 Å². The zero-order valence-electron chi connectivity index (χ0n) is 13.8. The number of anilines is 2. The molecule has 9 heteroatoms. The average Bonchev–Trinajstić information content (AvgIpc) is 3.05. The Morgan fingerprint density at radius 3 is 2.84 bits per heavy atom. The largest absolute Gasteiger partial charge is 0.467 e. The Balaban J connectivity index is 1.97. The van der Waals surface area contributed by atoms with Crippen molar-refractivity contribution in [2.75, 3.05) is 23.6 Å². The van der Waals surface area contributed by atoms with Crippen molar-refractivity contribution in [1.29, 1.82) is 0 Å². The molecule has 0 amide bonds. The number of rotatable bonds is 5. The van der Waals surface area contributed by atoms with Gasteiger partial charge >= 0.3 is 0 Å². The van der Waals surface area contributed by atoms with E-state index >= 15 is 0 Å². The molecule has 6 nitrogen and oxygen atoms in total. The van der Waals surface area contributed by atoms with Crippen LogP contribution in [0.25, 0.3) is 0 Å². The summed E-state index contributed by atoms with van der Waals surface area (Å²) in [4.78, 5) is 0. The highest BCUT2D eigenvalue weighted by Crippen LogP contribution is 2.34. The van der Waals surface area contributed by atoms with Gasteiger partial charge in [0.2, 0.25) is 0 Å². The van der Waals surface area contributed by atoms with Gasteiger partial charge in [-0.05, 0) is 61.4 Å². The van der Waals surface area contributed by atoms with E-state index < -0.39 is 10.0 Å². The van der Waals surface area contributed by atoms with Gasteiger partial charge in [0, 0.05) is 23.8 Å². The average molecular weight is 398 g/mol. The quantitative estimate of drug-likeness (QED) is 0.673. The van der Waals surface area contributed by atoms with E-state index in [1.807, 2.05) is 26.1 Å². The monoisotopic (exact) mass is 397 g/mol. The number of likely N-dealkylation sites (N-methyl/N-ethyl adjacent to an activating group) is 1. The molecular formula is C16H19N3O3S3. The Morgan fingerprint density at radius 1 is 1.36 bits per heavy atom. The van der Waals surface area contributed by atoms with Crippen LogP contribution >= 0.6 is 23.6 Å². The maximum Gasteiger partial charge on any atom is 0.271 e. The van der Waals surface area contributed by atoms with Crippen LogP contribution in [0.2, 0.25) is 0 Å². The third-order valence-corrected chi connectivity index (χ3v) is 6.96. The van der Waals surface area contributed by atoms with E-state index in [4.69, 9.17) is 17.0 Å². The van der Waals surface area contributed by atoms with E-state index in [9.17, 15) is 8.42 Å². The normalized spacial score (nSPS) is 20.2. The fraction of sp³-hybridized carbons (Fsp3) is 0.312. The molecule has 0 aliphatic carbocycles. The molecule has 0 saturated heterocycles. The first kappa shape index (κ1) is 18.1. The lowest BCUT2D eigenvalue weighted by molar-refractivity contribution is 0.183. The summed E-state index contributed by atoms with van der Waals surface area (Å²) in [6.45, 7) is 2.63. The Kier molecular flexibility index (Phi) is 5.28. The van der Waals surface area contributed by atoms with Crippen LogP contribution in [0.15, 0.2) is 39.9 Å². The van der Waals surface area contributed by atoms with Gasteiger partial charge in [-0.2, -0.15) is 0 Å².